The maximum atomic E-state index is 12.3. The van der Waals surface area contributed by atoms with Crippen LogP contribution in [0, 0.1) is 0 Å². The van der Waals surface area contributed by atoms with Crippen molar-refractivity contribution in [3.63, 3.8) is 0 Å². The van der Waals surface area contributed by atoms with Crippen molar-refractivity contribution in [2.75, 3.05) is 6.61 Å². The van der Waals surface area contributed by atoms with Gasteiger partial charge in [0, 0.05) is 18.0 Å². The highest BCUT2D eigenvalue weighted by atomic mass is 19.4. The van der Waals surface area contributed by atoms with Gasteiger partial charge in [-0.15, -0.1) is 0 Å². The smallest absolute Gasteiger partial charge is 0.393 e. The first-order valence-electron chi connectivity index (χ1n) is 6.35. The Morgan fingerprint density at radius 2 is 1.86 bits per heavy atom. The molecule has 0 bridgehead atoms. The Morgan fingerprint density at radius 1 is 1.19 bits per heavy atom. The van der Waals surface area contributed by atoms with Crippen LogP contribution in [-0.4, -0.2) is 38.7 Å². The lowest BCUT2D eigenvalue weighted by Crippen LogP contribution is -2.19. The zero-order valence-corrected chi connectivity index (χ0v) is 11.1. The first-order chi connectivity index (χ1) is 9.89. The number of hydrogen-bond donors (Lipinski definition) is 2. The lowest BCUT2D eigenvalue weighted by atomic mass is 10.1. The molecule has 0 aliphatic rings. The fourth-order valence-corrected chi connectivity index (χ4v) is 2.00. The van der Waals surface area contributed by atoms with E-state index >= 15 is 0 Å². The molecule has 0 aliphatic heterocycles. The molecule has 7 heteroatoms. The molecule has 1 aromatic heterocycles. The van der Waals surface area contributed by atoms with E-state index in [9.17, 15) is 18.3 Å². The second-order valence-corrected chi connectivity index (χ2v) is 4.73. The van der Waals surface area contributed by atoms with Gasteiger partial charge in [0.15, 0.2) is 0 Å². The molecule has 0 radical (unpaired) electrons. The normalized spacial score (nSPS) is 13.4. The van der Waals surface area contributed by atoms with E-state index in [1.807, 2.05) is 0 Å². The standard InChI is InChI=1S/C14H15F3N2O2/c15-14(16,17)7-10-1-3-11(4-2-10)13-18-5-6-19(13)8-12(21)9-20/h1-6,12,20-21H,7-9H2. The Kier molecular flexibility index (Phi) is 4.64. The minimum Gasteiger partial charge on any atom is -0.394 e. The van der Waals surface area contributed by atoms with Crippen LogP contribution in [0.25, 0.3) is 11.4 Å². The number of rotatable bonds is 5. The molecule has 0 saturated carbocycles. The number of halogens is 3. The van der Waals surface area contributed by atoms with Crippen molar-refractivity contribution in [1.29, 1.82) is 0 Å². The van der Waals surface area contributed by atoms with E-state index in [1.54, 1.807) is 22.9 Å². The molecule has 114 valence electrons. The monoisotopic (exact) mass is 300 g/mol. The van der Waals surface area contributed by atoms with Gasteiger partial charge in [-0.25, -0.2) is 4.98 Å². The molecule has 0 saturated heterocycles. The molecule has 1 unspecified atom stereocenters. The summed E-state index contributed by atoms with van der Waals surface area (Å²) >= 11 is 0. The van der Waals surface area contributed by atoms with Gasteiger partial charge in [-0.3, -0.25) is 0 Å². The van der Waals surface area contributed by atoms with Crippen molar-refractivity contribution in [2.24, 2.45) is 0 Å². The van der Waals surface area contributed by atoms with Crippen molar-refractivity contribution < 1.29 is 23.4 Å². The van der Waals surface area contributed by atoms with E-state index in [2.05, 4.69) is 4.98 Å². The molecule has 1 aromatic carbocycles. The van der Waals surface area contributed by atoms with Crippen molar-refractivity contribution in [2.45, 2.75) is 25.2 Å². The van der Waals surface area contributed by atoms with E-state index in [-0.39, 0.29) is 18.7 Å². The SMILES string of the molecule is OCC(O)Cn1ccnc1-c1ccc(CC(F)(F)F)cc1. The number of aromatic nitrogens is 2. The highest BCUT2D eigenvalue weighted by Crippen LogP contribution is 2.24. The van der Waals surface area contributed by atoms with Crippen LogP contribution in [0.2, 0.25) is 0 Å². The van der Waals surface area contributed by atoms with Gasteiger partial charge in [-0.1, -0.05) is 24.3 Å². The molecule has 2 aromatic rings. The summed E-state index contributed by atoms with van der Waals surface area (Å²) in [5, 5.41) is 18.3. The Morgan fingerprint density at radius 3 is 2.43 bits per heavy atom. The predicted octanol–water partition coefficient (Wildman–Crippen LogP) is 2.01. The summed E-state index contributed by atoms with van der Waals surface area (Å²) in [6.45, 7) is -0.210. The maximum Gasteiger partial charge on any atom is 0.393 e. The third kappa shape index (κ3) is 4.30. The average molecular weight is 300 g/mol. The zero-order chi connectivity index (χ0) is 15.5. The number of hydrogen-bond acceptors (Lipinski definition) is 3. The van der Waals surface area contributed by atoms with E-state index in [0.29, 0.717) is 11.4 Å². The molecule has 4 nitrogen and oxygen atoms in total. The Hall–Kier alpha value is -1.86. The number of imidazole rings is 1. The predicted molar refractivity (Wildman–Crippen MR) is 70.5 cm³/mol. The van der Waals surface area contributed by atoms with Crippen LogP contribution >= 0.6 is 0 Å². The lowest BCUT2D eigenvalue weighted by Gasteiger charge is -2.12. The second-order valence-electron chi connectivity index (χ2n) is 4.73. The molecular weight excluding hydrogens is 285 g/mol. The van der Waals surface area contributed by atoms with Gasteiger partial charge in [-0.05, 0) is 5.56 Å². The highest BCUT2D eigenvalue weighted by Gasteiger charge is 2.27. The number of aliphatic hydroxyl groups excluding tert-OH is 2. The number of benzene rings is 1. The van der Waals surface area contributed by atoms with Crippen LogP contribution in [0.1, 0.15) is 5.56 Å². The molecule has 0 amide bonds. The van der Waals surface area contributed by atoms with Gasteiger partial charge in [-0.2, -0.15) is 13.2 Å². The first-order valence-corrected chi connectivity index (χ1v) is 6.35. The number of alkyl halides is 3. The molecule has 2 N–H and O–H groups in total. The lowest BCUT2D eigenvalue weighted by molar-refractivity contribution is -0.127. The third-order valence-corrected chi connectivity index (χ3v) is 2.95. The number of aliphatic hydroxyl groups is 2. The zero-order valence-electron chi connectivity index (χ0n) is 11.1. The van der Waals surface area contributed by atoms with Gasteiger partial charge in [0.25, 0.3) is 0 Å². The van der Waals surface area contributed by atoms with Crippen molar-refractivity contribution in [3.8, 4) is 11.4 Å². The van der Waals surface area contributed by atoms with Gasteiger partial charge in [0.1, 0.15) is 5.82 Å². The van der Waals surface area contributed by atoms with E-state index < -0.39 is 18.7 Å². The minimum atomic E-state index is -4.23. The highest BCUT2D eigenvalue weighted by molar-refractivity contribution is 5.56. The third-order valence-electron chi connectivity index (χ3n) is 2.95. The van der Waals surface area contributed by atoms with Gasteiger partial charge < -0.3 is 14.8 Å². The van der Waals surface area contributed by atoms with Gasteiger partial charge >= 0.3 is 6.18 Å². The van der Waals surface area contributed by atoms with Gasteiger partial charge in [0.05, 0.1) is 25.7 Å². The summed E-state index contributed by atoms with van der Waals surface area (Å²) < 4.78 is 38.5. The molecule has 2 rings (SSSR count). The quantitative estimate of drug-likeness (QED) is 0.888. The van der Waals surface area contributed by atoms with Crippen LogP contribution in [0.5, 0.6) is 0 Å². The Labute approximate surface area is 119 Å². The maximum absolute atomic E-state index is 12.3. The van der Waals surface area contributed by atoms with Crippen molar-refractivity contribution in [1.82, 2.24) is 9.55 Å². The Balaban J connectivity index is 2.18. The first kappa shape index (κ1) is 15.5. The average Bonchev–Trinajstić information content (AvgIpc) is 2.86. The van der Waals surface area contributed by atoms with Crippen molar-refractivity contribution in [3.05, 3.63) is 42.2 Å². The molecule has 0 fully saturated rings. The largest absolute Gasteiger partial charge is 0.394 e. The fourth-order valence-electron chi connectivity index (χ4n) is 2.00. The van der Waals surface area contributed by atoms with E-state index in [1.165, 1.54) is 18.3 Å². The van der Waals surface area contributed by atoms with Crippen LogP contribution in [-0.2, 0) is 13.0 Å². The fraction of sp³-hybridized carbons (Fsp3) is 0.357. The topological polar surface area (TPSA) is 58.3 Å². The van der Waals surface area contributed by atoms with Gasteiger partial charge in [0.2, 0.25) is 0 Å². The summed E-state index contributed by atoms with van der Waals surface area (Å²) in [5.41, 5.74) is 0.829. The molecule has 0 aliphatic carbocycles. The van der Waals surface area contributed by atoms with Crippen LogP contribution in [0.4, 0.5) is 13.2 Å². The molecular formula is C14H15F3N2O2. The summed E-state index contributed by atoms with van der Waals surface area (Å²) in [4.78, 5) is 4.13. The van der Waals surface area contributed by atoms with Crippen molar-refractivity contribution >= 4 is 0 Å². The van der Waals surface area contributed by atoms with E-state index in [0.717, 1.165) is 0 Å². The minimum absolute atomic E-state index is 0.163. The molecule has 21 heavy (non-hydrogen) atoms. The Bertz CT molecular complexity index is 579. The van der Waals surface area contributed by atoms with E-state index in [4.69, 9.17) is 5.11 Å². The summed E-state index contributed by atoms with van der Waals surface area (Å²) in [5.74, 6) is 0.529. The molecule has 1 atom stereocenters. The molecule has 0 spiro atoms. The van der Waals surface area contributed by atoms with Crippen LogP contribution in [0.15, 0.2) is 36.7 Å². The number of nitrogens with zero attached hydrogens (tertiary/aromatic N) is 2. The van der Waals surface area contributed by atoms with Crippen LogP contribution in [0.3, 0.4) is 0 Å². The van der Waals surface area contributed by atoms with Crippen LogP contribution < -0.4 is 0 Å². The molecule has 1 heterocycles. The summed E-state index contributed by atoms with van der Waals surface area (Å²) in [6, 6.07) is 5.94. The summed E-state index contributed by atoms with van der Waals surface area (Å²) in [7, 11) is 0. The summed E-state index contributed by atoms with van der Waals surface area (Å²) in [6.07, 6.45) is -2.95. The second kappa shape index (κ2) is 6.28.